The van der Waals surface area contributed by atoms with Crippen molar-refractivity contribution in [2.45, 2.75) is 18.5 Å². The van der Waals surface area contributed by atoms with Gasteiger partial charge in [-0.1, -0.05) is 6.08 Å². The summed E-state index contributed by atoms with van der Waals surface area (Å²) < 4.78 is 46.0. The maximum Gasteiger partial charge on any atom is 0.448 e. The van der Waals surface area contributed by atoms with Gasteiger partial charge < -0.3 is 5.11 Å². The largest absolute Gasteiger partial charge is 0.448 e. The molecule has 1 atom stereocenters. The molecule has 60 valence electrons. The summed E-state index contributed by atoms with van der Waals surface area (Å²) in [6, 6.07) is 0. The lowest BCUT2D eigenvalue weighted by atomic mass is 10.2. The second kappa shape index (κ2) is 2.57. The summed E-state index contributed by atoms with van der Waals surface area (Å²) in [5.74, 6) is -4.13. The smallest absolute Gasteiger partial charge is 0.355 e. The molecule has 0 radical (unpaired) electrons. The minimum Gasteiger partial charge on any atom is -0.355 e. The van der Waals surface area contributed by atoms with Crippen LogP contribution >= 0.6 is 0 Å². The summed E-state index contributed by atoms with van der Waals surface area (Å²) in [5.41, 5.74) is 0. The van der Waals surface area contributed by atoms with Crippen LogP contribution in [0, 0.1) is 0 Å². The van der Waals surface area contributed by atoms with Gasteiger partial charge in [0.2, 0.25) is 0 Å². The molecular weight excluding hydrogens is 152 g/mol. The van der Waals surface area contributed by atoms with E-state index in [0.29, 0.717) is 6.08 Å². The first-order valence-corrected chi connectivity index (χ1v) is 2.40. The highest BCUT2D eigenvalue weighted by molar-refractivity contribution is 4.83. The minimum absolute atomic E-state index is 0.660. The van der Waals surface area contributed by atoms with Crippen molar-refractivity contribution >= 4 is 0 Å². The molecule has 0 saturated heterocycles. The topological polar surface area (TPSA) is 20.2 Å². The van der Waals surface area contributed by atoms with Crippen LogP contribution in [0.15, 0.2) is 12.7 Å². The van der Waals surface area contributed by atoms with Crippen LogP contribution in [-0.4, -0.2) is 17.1 Å². The lowest BCUT2D eigenvalue weighted by Crippen LogP contribution is -2.39. The molecule has 0 spiro atoms. The fourth-order valence-electron chi connectivity index (χ4n) is 0.307. The maximum atomic E-state index is 12.0. The van der Waals surface area contributed by atoms with Gasteiger partial charge in [-0.25, -0.2) is 4.39 Å². The van der Waals surface area contributed by atoms with Crippen LogP contribution in [0.25, 0.3) is 0 Å². The van der Waals surface area contributed by atoms with E-state index < -0.39 is 18.5 Å². The fraction of sp³-hybridized carbons (Fsp3) is 0.600. The molecule has 0 bridgehead atoms. The van der Waals surface area contributed by atoms with Crippen molar-refractivity contribution in [1.82, 2.24) is 0 Å². The molecule has 1 N–H and O–H groups in total. The van der Waals surface area contributed by atoms with Crippen LogP contribution in [0.5, 0.6) is 0 Å². The molecule has 1 unspecified atom stereocenters. The predicted octanol–water partition coefficient (Wildman–Crippen LogP) is 1.78. The van der Waals surface area contributed by atoms with Crippen LogP contribution in [0.2, 0.25) is 0 Å². The minimum atomic E-state index is -5.23. The molecule has 0 aliphatic heterocycles. The Morgan fingerprint density at radius 1 is 1.30 bits per heavy atom. The molecule has 0 heterocycles. The molecule has 0 aliphatic rings. The van der Waals surface area contributed by atoms with E-state index in [1.54, 1.807) is 0 Å². The second-order valence-corrected chi connectivity index (χ2v) is 1.75. The van der Waals surface area contributed by atoms with Crippen LogP contribution in [-0.2, 0) is 0 Å². The van der Waals surface area contributed by atoms with Gasteiger partial charge in [-0.3, -0.25) is 0 Å². The highest BCUT2D eigenvalue weighted by Gasteiger charge is 2.53. The van der Waals surface area contributed by atoms with Gasteiger partial charge in [0.1, 0.15) is 0 Å². The molecular formula is C5H6F4O. The first-order valence-electron chi connectivity index (χ1n) is 2.40. The van der Waals surface area contributed by atoms with Crippen LogP contribution in [0.1, 0.15) is 6.42 Å². The number of hydrogen-bond acceptors (Lipinski definition) is 1. The van der Waals surface area contributed by atoms with E-state index in [-0.39, 0.29) is 0 Å². The van der Waals surface area contributed by atoms with Gasteiger partial charge in [0.15, 0.2) is 0 Å². The first-order chi connectivity index (χ1) is 4.31. The quantitative estimate of drug-likeness (QED) is 0.479. The molecule has 1 nitrogen and oxygen atoms in total. The second-order valence-electron chi connectivity index (χ2n) is 1.75. The van der Waals surface area contributed by atoms with E-state index >= 15 is 0 Å². The highest BCUT2D eigenvalue weighted by atomic mass is 19.4. The Hall–Kier alpha value is -0.580. The summed E-state index contributed by atoms with van der Waals surface area (Å²) in [6.45, 7) is 2.86. The van der Waals surface area contributed by atoms with Crippen LogP contribution < -0.4 is 0 Å². The Bertz CT molecular complexity index is 126. The number of rotatable bonds is 2. The van der Waals surface area contributed by atoms with Crippen LogP contribution in [0.3, 0.4) is 0 Å². The molecule has 0 aromatic rings. The molecule has 0 aromatic heterocycles. The van der Waals surface area contributed by atoms with Crippen molar-refractivity contribution in [2.75, 3.05) is 0 Å². The normalized spacial score (nSPS) is 18.1. The van der Waals surface area contributed by atoms with E-state index in [1.807, 2.05) is 0 Å². The Morgan fingerprint density at radius 2 is 1.70 bits per heavy atom. The van der Waals surface area contributed by atoms with Crippen molar-refractivity contribution in [1.29, 1.82) is 0 Å². The predicted molar refractivity (Wildman–Crippen MR) is 26.9 cm³/mol. The third-order valence-electron chi connectivity index (χ3n) is 0.849. The Kier molecular flexibility index (Phi) is 2.42. The zero-order valence-corrected chi connectivity index (χ0v) is 4.95. The Labute approximate surface area is 55.0 Å². The number of halogens is 4. The van der Waals surface area contributed by atoms with Gasteiger partial charge in [-0.05, 0) is 0 Å². The van der Waals surface area contributed by atoms with Crippen molar-refractivity contribution in [3.05, 3.63) is 12.7 Å². The van der Waals surface area contributed by atoms with E-state index in [2.05, 4.69) is 6.58 Å². The molecule has 0 fully saturated rings. The van der Waals surface area contributed by atoms with Gasteiger partial charge in [-0.2, -0.15) is 13.2 Å². The van der Waals surface area contributed by atoms with Crippen molar-refractivity contribution in [3.63, 3.8) is 0 Å². The molecule has 0 saturated carbocycles. The van der Waals surface area contributed by atoms with Crippen molar-refractivity contribution < 1.29 is 22.7 Å². The lowest BCUT2D eigenvalue weighted by Gasteiger charge is -2.19. The summed E-state index contributed by atoms with van der Waals surface area (Å²) in [7, 11) is 0. The zero-order valence-electron chi connectivity index (χ0n) is 4.95. The monoisotopic (exact) mass is 158 g/mol. The number of hydrogen-bond donors (Lipinski definition) is 1. The molecule has 0 aromatic carbocycles. The molecule has 10 heavy (non-hydrogen) atoms. The van der Waals surface area contributed by atoms with Crippen LogP contribution in [0.4, 0.5) is 17.6 Å². The van der Waals surface area contributed by atoms with Gasteiger partial charge in [0.25, 0.3) is 0 Å². The average molecular weight is 158 g/mol. The van der Waals surface area contributed by atoms with E-state index in [4.69, 9.17) is 5.11 Å². The lowest BCUT2D eigenvalue weighted by molar-refractivity contribution is -0.313. The van der Waals surface area contributed by atoms with Gasteiger partial charge in [0.05, 0.1) is 0 Å². The van der Waals surface area contributed by atoms with Crippen molar-refractivity contribution in [2.24, 2.45) is 0 Å². The number of alkyl halides is 4. The van der Waals surface area contributed by atoms with E-state index in [9.17, 15) is 17.6 Å². The molecule has 0 aliphatic carbocycles. The molecule has 0 amide bonds. The average Bonchev–Trinajstić information content (AvgIpc) is 1.61. The SMILES string of the molecule is C=CCC(O)(F)C(F)(F)F. The first kappa shape index (κ1) is 9.42. The highest BCUT2D eigenvalue weighted by Crippen LogP contribution is 2.34. The van der Waals surface area contributed by atoms with Gasteiger partial charge in [0, 0.05) is 6.42 Å². The van der Waals surface area contributed by atoms with E-state index in [1.165, 1.54) is 0 Å². The summed E-state index contributed by atoms with van der Waals surface area (Å²) in [6.07, 6.45) is -5.72. The maximum absolute atomic E-state index is 12.0. The van der Waals surface area contributed by atoms with Gasteiger partial charge in [-0.15, -0.1) is 6.58 Å². The summed E-state index contributed by atoms with van der Waals surface area (Å²) in [5, 5.41) is 7.99. The Balaban J connectivity index is 4.23. The number of aliphatic hydroxyl groups is 1. The van der Waals surface area contributed by atoms with Crippen molar-refractivity contribution in [3.8, 4) is 0 Å². The fourth-order valence-corrected chi connectivity index (χ4v) is 0.307. The van der Waals surface area contributed by atoms with Gasteiger partial charge >= 0.3 is 12.0 Å². The molecule has 5 heteroatoms. The summed E-state index contributed by atoms with van der Waals surface area (Å²) >= 11 is 0. The third kappa shape index (κ3) is 1.98. The third-order valence-corrected chi connectivity index (χ3v) is 0.849. The standard InChI is InChI=1S/C5H6F4O/c1-2-3-4(6,10)5(7,8)9/h2,10H,1,3H2. The summed E-state index contributed by atoms with van der Waals surface area (Å²) in [4.78, 5) is 0. The van der Waals surface area contributed by atoms with E-state index in [0.717, 1.165) is 0 Å². The Morgan fingerprint density at radius 3 is 1.80 bits per heavy atom. The zero-order chi connectivity index (χ0) is 8.41. The molecule has 0 rings (SSSR count).